The lowest BCUT2D eigenvalue weighted by atomic mass is 10.1. The van der Waals surface area contributed by atoms with Gasteiger partial charge in [-0.3, -0.25) is 0 Å². The van der Waals surface area contributed by atoms with E-state index in [9.17, 15) is 5.11 Å². The minimum Gasteiger partial charge on any atom is -0.506 e. The van der Waals surface area contributed by atoms with Crippen LogP contribution in [0.5, 0.6) is 5.75 Å². The fraction of sp³-hybridized carbons (Fsp3) is 0.200. The average molecular weight is 296 g/mol. The van der Waals surface area contributed by atoms with Crippen LogP contribution >= 0.6 is 23.2 Å². The molecule has 0 heterocycles. The van der Waals surface area contributed by atoms with E-state index in [1.807, 2.05) is 30.3 Å². The molecule has 1 atom stereocenters. The fourth-order valence-corrected chi connectivity index (χ4v) is 2.13. The largest absolute Gasteiger partial charge is 0.506 e. The molecule has 2 aromatic rings. The van der Waals surface area contributed by atoms with Gasteiger partial charge in [-0.05, 0) is 42.3 Å². The van der Waals surface area contributed by atoms with E-state index < -0.39 is 0 Å². The van der Waals surface area contributed by atoms with Crippen LogP contribution in [0, 0.1) is 0 Å². The summed E-state index contributed by atoms with van der Waals surface area (Å²) in [6.45, 7) is 2.77. The second-order valence-electron chi connectivity index (χ2n) is 4.44. The van der Waals surface area contributed by atoms with Crippen molar-refractivity contribution < 1.29 is 5.11 Å². The van der Waals surface area contributed by atoms with Gasteiger partial charge in [0, 0.05) is 17.6 Å². The quantitative estimate of drug-likeness (QED) is 0.867. The van der Waals surface area contributed by atoms with E-state index in [4.69, 9.17) is 23.2 Å². The summed E-state index contributed by atoms with van der Waals surface area (Å²) in [5, 5.41) is 13.9. The summed E-state index contributed by atoms with van der Waals surface area (Å²) >= 11 is 11.7. The van der Waals surface area contributed by atoms with Gasteiger partial charge in [-0.1, -0.05) is 41.4 Å². The molecule has 2 aromatic carbocycles. The lowest BCUT2D eigenvalue weighted by Gasteiger charge is -2.14. The summed E-state index contributed by atoms with van der Waals surface area (Å²) in [6.07, 6.45) is 0. The van der Waals surface area contributed by atoms with Crippen LogP contribution in [0.4, 0.5) is 0 Å². The van der Waals surface area contributed by atoms with Gasteiger partial charge >= 0.3 is 0 Å². The Hall–Kier alpha value is -1.22. The van der Waals surface area contributed by atoms with Crippen LogP contribution in [0.15, 0.2) is 42.5 Å². The van der Waals surface area contributed by atoms with Gasteiger partial charge in [-0.15, -0.1) is 0 Å². The van der Waals surface area contributed by atoms with Crippen LogP contribution in [0.1, 0.15) is 24.1 Å². The van der Waals surface area contributed by atoms with Gasteiger partial charge in [-0.2, -0.15) is 0 Å². The Morgan fingerprint density at radius 1 is 1.11 bits per heavy atom. The van der Waals surface area contributed by atoms with Crippen LogP contribution in [-0.4, -0.2) is 5.11 Å². The highest BCUT2D eigenvalue weighted by molar-refractivity contribution is 6.32. The molecule has 2 N–H and O–H groups in total. The minimum atomic E-state index is 0.108. The molecule has 0 amide bonds. The van der Waals surface area contributed by atoms with Crippen LogP contribution in [0.25, 0.3) is 0 Å². The zero-order valence-corrected chi connectivity index (χ0v) is 12.0. The molecule has 0 bridgehead atoms. The molecule has 0 saturated heterocycles. The molecular formula is C15H15Cl2NO. The first-order valence-electron chi connectivity index (χ1n) is 6.02. The second kappa shape index (κ2) is 6.29. The number of phenolic OH excluding ortho intramolecular Hbond substituents is 1. The van der Waals surface area contributed by atoms with E-state index in [-0.39, 0.29) is 11.8 Å². The summed E-state index contributed by atoms with van der Waals surface area (Å²) in [4.78, 5) is 0. The lowest BCUT2D eigenvalue weighted by molar-refractivity contribution is 0.475. The standard InChI is InChI=1S/C15H15Cl2NO/c1-10(12-3-5-13(16)6-4-12)18-9-11-2-7-15(19)14(17)8-11/h2-8,10,18-19H,9H2,1H3. The summed E-state index contributed by atoms with van der Waals surface area (Å²) in [5.74, 6) is 0.108. The first kappa shape index (κ1) is 14.2. The molecule has 0 aliphatic heterocycles. The monoisotopic (exact) mass is 295 g/mol. The Morgan fingerprint density at radius 2 is 1.79 bits per heavy atom. The molecule has 0 spiro atoms. The van der Waals surface area contributed by atoms with Crippen molar-refractivity contribution in [3.05, 3.63) is 63.6 Å². The summed E-state index contributed by atoms with van der Waals surface area (Å²) in [5.41, 5.74) is 2.21. The number of aromatic hydroxyl groups is 1. The molecule has 1 unspecified atom stereocenters. The minimum absolute atomic E-state index is 0.108. The molecule has 4 heteroatoms. The Labute approximate surface area is 123 Å². The number of benzene rings is 2. The highest BCUT2D eigenvalue weighted by atomic mass is 35.5. The van der Waals surface area contributed by atoms with Crippen molar-refractivity contribution in [1.82, 2.24) is 5.32 Å². The van der Waals surface area contributed by atoms with Gasteiger partial charge < -0.3 is 10.4 Å². The number of rotatable bonds is 4. The van der Waals surface area contributed by atoms with Gasteiger partial charge in [0.1, 0.15) is 5.75 Å². The van der Waals surface area contributed by atoms with E-state index in [0.717, 1.165) is 10.6 Å². The third-order valence-electron chi connectivity index (χ3n) is 2.99. The topological polar surface area (TPSA) is 32.3 Å². The lowest BCUT2D eigenvalue weighted by Crippen LogP contribution is -2.17. The van der Waals surface area contributed by atoms with Crippen molar-refractivity contribution in [2.75, 3.05) is 0 Å². The first-order chi connectivity index (χ1) is 9.06. The normalized spacial score (nSPS) is 12.4. The second-order valence-corrected chi connectivity index (χ2v) is 5.28. The van der Waals surface area contributed by atoms with Gasteiger partial charge in [-0.25, -0.2) is 0 Å². The smallest absolute Gasteiger partial charge is 0.134 e. The molecule has 100 valence electrons. The van der Waals surface area contributed by atoms with Gasteiger partial charge in [0.2, 0.25) is 0 Å². The molecular weight excluding hydrogens is 281 g/mol. The van der Waals surface area contributed by atoms with Gasteiger partial charge in [0.25, 0.3) is 0 Å². The van der Waals surface area contributed by atoms with Crippen LogP contribution < -0.4 is 5.32 Å². The molecule has 0 radical (unpaired) electrons. The summed E-state index contributed by atoms with van der Waals surface area (Å²) < 4.78 is 0. The summed E-state index contributed by atoms with van der Waals surface area (Å²) in [7, 11) is 0. The molecule has 2 rings (SSSR count). The van der Waals surface area contributed by atoms with E-state index >= 15 is 0 Å². The van der Waals surface area contributed by atoms with Crippen molar-refractivity contribution in [3.8, 4) is 5.75 Å². The Bertz CT molecular complexity index is 555. The van der Waals surface area contributed by atoms with Crippen molar-refractivity contribution in [2.24, 2.45) is 0 Å². The average Bonchev–Trinajstić information content (AvgIpc) is 2.40. The van der Waals surface area contributed by atoms with Crippen molar-refractivity contribution in [3.63, 3.8) is 0 Å². The first-order valence-corrected chi connectivity index (χ1v) is 6.78. The van der Waals surface area contributed by atoms with E-state index in [1.165, 1.54) is 5.56 Å². The third kappa shape index (κ3) is 3.87. The van der Waals surface area contributed by atoms with Crippen LogP contribution in [0.3, 0.4) is 0 Å². The third-order valence-corrected chi connectivity index (χ3v) is 3.55. The molecule has 0 fully saturated rings. The number of nitrogens with one attached hydrogen (secondary N) is 1. The summed E-state index contributed by atoms with van der Waals surface area (Å²) in [6, 6.07) is 13.2. The predicted octanol–water partition coefficient (Wildman–Crippen LogP) is 4.55. The Balaban J connectivity index is 1.98. The van der Waals surface area contributed by atoms with Crippen molar-refractivity contribution >= 4 is 23.2 Å². The number of hydrogen-bond acceptors (Lipinski definition) is 2. The number of phenols is 1. The van der Waals surface area contributed by atoms with Crippen molar-refractivity contribution in [2.45, 2.75) is 19.5 Å². The molecule has 2 nitrogen and oxygen atoms in total. The molecule has 0 aromatic heterocycles. The van der Waals surface area contributed by atoms with E-state index in [2.05, 4.69) is 12.2 Å². The molecule has 0 aliphatic rings. The number of hydrogen-bond donors (Lipinski definition) is 2. The highest BCUT2D eigenvalue weighted by Gasteiger charge is 2.05. The van der Waals surface area contributed by atoms with Crippen molar-refractivity contribution in [1.29, 1.82) is 0 Å². The van der Waals surface area contributed by atoms with Gasteiger partial charge in [0.15, 0.2) is 0 Å². The molecule has 0 aliphatic carbocycles. The van der Waals surface area contributed by atoms with Crippen LogP contribution in [0.2, 0.25) is 10.0 Å². The molecule has 19 heavy (non-hydrogen) atoms. The van der Waals surface area contributed by atoms with E-state index in [0.29, 0.717) is 11.6 Å². The molecule has 0 saturated carbocycles. The Kier molecular flexibility index (Phi) is 4.70. The maximum absolute atomic E-state index is 9.36. The predicted molar refractivity (Wildman–Crippen MR) is 79.8 cm³/mol. The maximum atomic E-state index is 9.36. The zero-order chi connectivity index (χ0) is 13.8. The highest BCUT2D eigenvalue weighted by Crippen LogP contribution is 2.24. The fourth-order valence-electron chi connectivity index (χ4n) is 1.80. The van der Waals surface area contributed by atoms with Gasteiger partial charge in [0.05, 0.1) is 5.02 Å². The SMILES string of the molecule is CC(NCc1ccc(O)c(Cl)c1)c1ccc(Cl)cc1. The maximum Gasteiger partial charge on any atom is 0.134 e. The zero-order valence-electron chi connectivity index (χ0n) is 10.5. The van der Waals surface area contributed by atoms with E-state index in [1.54, 1.807) is 12.1 Å². The Morgan fingerprint density at radius 3 is 2.42 bits per heavy atom. The number of halogens is 2. The van der Waals surface area contributed by atoms with Crippen LogP contribution in [-0.2, 0) is 6.54 Å².